The van der Waals surface area contributed by atoms with Gasteiger partial charge in [-0.3, -0.25) is 19.7 Å². The minimum absolute atomic E-state index is 0.0333. The standard InChI is InChI=1S/C15H19N3O6S/c1-4-16-14(20)9(2)17-13(19)8-24-15(21)10-5-6-12(25-3)11(7-10)18(22)23/h5-7,9H,4,8H2,1-3H3,(H,16,20)(H,17,19)/t9-/m1/s1. The van der Waals surface area contributed by atoms with E-state index >= 15 is 0 Å². The number of hydrogen-bond acceptors (Lipinski definition) is 7. The Labute approximate surface area is 148 Å². The molecule has 0 aliphatic rings. The van der Waals surface area contributed by atoms with Gasteiger partial charge in [-0.1, -0.05) is 0 Å². The minimum atomic E-state index is -0.864. The number of amides is 2. The Hall–Kier alpha value is -2.62. The number of ether oxygens (including phenoxy) is 1. The molecule has 10 heteroatoms. The van der Waals surface area contributed by atoms with Crippen LogP contribution in [0.25, 0.3) is 0 Å². The average molecular weight is 369 g/mol. The lowest BCUT2D eigenvalue weighted by atomic mass is 10.2. The molecule has 0 aromatic heterocycles. The molecule has 0 heterocycles. The maximum Gasteiger partial charge on any atom is 0.338 e. The third-order valence-corrected chi connectivity index (χ3v) is 3.85. The Morgan fingerprint density at radius 1 is 1.36 bits per heavy atom. The van der Waals surface area contributed by atoms with Gasteiger partial charge < -0.3 is 15.4 Å². The number of carbonyl (C=O) groups is 3. The van der Waals surface area contributed by atoms with E-state index in [1.807, 2.05) is 0 Å². The van der Waals surface area contributed by atoms with E-state index in [0.29, 0.717) is 11.4 Å². The van der Waals surface area contributed by atoms with Crippen molar-refractivity contribution in [2.45, 2.75) is 24.8 Å². The van der Waals surface area contributed by atoms with Gasteiger partial charge in [-0.2, -0.15) is 0 Å². The number of rotatable bonds is 8. The maximum atomic E-state index is 11.9. The van der Waals surface area contributed by atoms with Crippen LogP contribution in [0.3, 0.4) is 0 Å². The largest absolute Gasteiger partial charge is 0.452 e. The summed E-state index contributed by atoms with van der Waals surface area (Å²) in [5.41, 5.74) is -0.245. The highest BCUT2D eigenvalue weighted by atomic mass is 32.2. The molecule has 0 aliphatic carbocycles. The molecule has 0 saturated carbocycles. The summed E-state index contributed by atoms with van der Waals surface area (Å²) >= 11 is 1.18. The zero-order valence-corrected chi connectivity index (χ0v) is 14.8. The van der Waals surface area contributed by atoms with Crippen LogP contribution in [0.2, 0.25) is 0 Å². The van der Waals surface area contributed by atoms with Gasteiger partial charge in [-0.15, -0.1) is 11.8 Å². The molecule has 1 aromatic rings. The third-order valence-electron chi connectivity index (χ3n) is 3.07. The third kappa shape index (κ3) is 6.07. The first-order valence-electron chi connectivity index (χ1n) is 7.36. The molecule has 0 unspecified atom stereocenters. The summed E-state index contributed by atoms with van der Waals surface area (Å²) in [6.45, 7) is 3.07. The Morgan fingerprint density at radius 2 is 2.04 bits per heavy atom. The fourth-order valence-electron chi connectivity index (χ4n) is 1.85. The highest BCUT2D eigenvalue weighted by Crippen LogP contribution is 2.28. The summed E-state index contributed by atoms with van der Waals surface area (Å²) in [7, 11) is 0. The Bertz CT molecular complexity index is 679. The molecule has 2 amide bonds. The molecule has 0 fully saturated rings. The number of nitro benzene ring substituents is 1. The van der Waals surface area contributed by atoms with Gasteiger partial charge in [0.15, 0.2) is 6.61 Å². The van der Waals surface area contributed by atoms with E-state index in [9.17, 15) is 24.5 Å². The van der Waals surface area contributed by atoms with Crippen LogP contribution >= 0.6 is 11.8 Å². The van der Waals surface area contributed by atoms with Gasteiger partial charge in [0.2, 0.25) is 5.91 Å². The minimum Gasteiger partial charge on any atom is -0.452 e. The topological polar surface area (TPSA) is 128 Å². The van der Waals surface area contributed by atoms with E-state index < -0.39 is 29.4 Å². The summed E-state index contributed by atoms with van der Waals surface area (Å²) in [6, 6.07) is 3.16. The second-order valence-corrected chi connectivity index (χ2v) is 5.75. The van der Waals surface area contributed by atoms with Crippen molar-refractivity contribution < 1.29 is 24.0 Å². The zero-order chi connectivity index (χ0) is 19.0. The summed E-state index contributed by atoms with van der Waals surface area (Å²) in [4.78, 5) is 45.9. The van der Waals surface area contributed by atoms with Crippen LogP contribution in [0.1, 0.15) is 24.2 Å². The predicted molar refractivity (Wildman–Crippen MR) is 91.4 cm³/mol. The number of nitro groups is 1. The smallest absolute Gasteiger partial charge is 0.338 e. The van der Waals surface area contributed by atoms with E-state index in [-0.39, 0.29) is 17.2 Å². The molecule has 1 aromatic carbocycles. The molecule has 0 bridgehead atoms. The number of thioether (sulfide) groups is 1. The normalized spacial score (nSPS) is 11.3. The quantitative estimate of drug-likeness (QED) is 0.304. The van der Waals surface area contributed by atoms with Crippen LogP contribution in [0.15, 0.2) is 23.1 Å². The number of nitrogens with zero attached hydrogens (tertiary/aromatic N) is 1. The van der Waals surface area contributed by atoms with E-state index in [4.69, 9.17) is 4.74 Å². The molecule has 0 radical (unpaired) electrons. The lowest BCUT2D eigenvalue weighted by Gasteiger charge is -2.13. The fraction of sp³-hybridized carbons (Fsp3) is 0.400. The monoisotopic (exact) mass is 369 g/mol. The van der Waals surface area contributed by atoms with Crippen molar-refractivity contribution in [3.8, 4) is 0 Å². The zero-order valence-electron chi connectivity index (χ0n) is 14.0. The molecule has 0 aliphatic heterocycles. The van der Waals surface area contributed by atoms with E-state index in [0.717, 1.165) is 6.07 Å². The first-order valence-corrected chi connectivity index (χ1v) is 8.59. The van der Waals surface area contributed by atoms with Crippen LogP contribution in [0, 0.1) is 10.1 Å². The van der Waals surface area contributed by atoms with Crippen molar-refractivity contribution >= 4 is 35.2 Å². The highest BCUT2D eigenvalue weighted by Gasteiger charge is 2.19. The van der Waals surface area contributed by atoms with E-state index in [2.05, 4.69) is 10.6 Å². The van der Waals surface area contributed by atoms with Crippen molar-refractivity contribution in [3.63, 3.8) is 0 Å². The van der Waals surface area contributed by atoms with Gasteiger partial charge in [0.05, 0.1) is 15.4 Å². The molecule has 9 nitrogen and oxygen atoms in total. The second kappa shape index (κ2) is 9.62. The molecule has 0 saturated heterocycles. The van der Waals surface area contributed by atoms with Crippen molar-refractivity contribution in [1.82, 2.24) is 10.6 Å². The van der Waals surface area contributed by atoms with Gasteiger partial charge in [-0.05, 0) is 32.2 Å². The van der Waals surface area contributed by atoms with Crippen LogP contribution < -0.4 is 10.6 Å². The summed E-state index contributed by atoms with van der Waals surface area (Å²) in [6.07, 6.45) is 1.68. The van der Waals surface area contributed by atoms with Gasteiger partial charge in [-0.25, -0.2) is 4.79 Å². The number of nitrogens with one attached hydrogen (secondary N) is 2. The SMILES string of the molecule is CCNC(=O)[C@@H](C)NC(=O)COC(=O)c1ccc(SC)c([N+](=O)[O-])c1. The number of benzene rings is 1. The van der Waals surface area contributed by atoms with Crippen LogP contribution in [0.4, 0.5) is 5.69 Å². The average Bonchev–Trinajstić information content (AvgIpc) is 2.59. The maximum absolute atomic E-state index is 11.9. The molecular weight excluding hydrogens is 350 g/mol. The molecule has 2 N–H and O–H groups in total. The highest BCUT2D eigenvalue weighted by molar-refractivity contribution is 7.98. The van der Waals surface area contributed by atoms with Crippen molar-refractivity contribution in [2.24, 2.45) is 0 Å². The Balaban J connectivity index is 2.65. The first-order chi connectivity index (χ1) is 11.8. The lowest BCUT2D eigenvalue weighted by Crippen LogP contribution is -2.46. The van der Waals surface area contributed by atoms with Crippen LogP contribution in [-0.2, 0) is 14.3 Å². The Kier molecular flexibility index (Phi) is 7.86. The molecule has 136 valence electrons. The van der Waals surface area contributed by atoms with Gasteiger partial charge in [0, 0.05) is 12.6 Å². The molecular formula is C15H19N3O6S. The first kappa shape index (κ1) is 20.4. The number of carbonyl (C=O) groups excluding carboxylic acids is 3. The van der Waals surface area contributed by atoms with E-state index in [1.165, 1.54) is 30.8 Å². The van der Waals surface area contributed by atoms with E-state index in [1.54, 1.807) is 13.2 Å². The van der Waals surface area contributed by atoms with Crippen molar-refractivity contribution in [3.05, 3.63) is 33.9 Å². The van der Waals surface area contributed by atoms with Gasteiger partial charge >= 0.3 is 5.97 Å². The predicted octanol–water partition coefficient (Wildman–Crippen LogP) is 1.11. The van der Waals surface area contributed by atoms with Gasteiger partial charge in [0.1, 0.15) is 6.04 Å². The van der Waals surface area contributed by atoms with Crippen LogP contribution in [-0.4, -0.2) is 48.2 Å². The van der Waals surface area contributed by atoms with Gasteiger partial charge in [0.25, 0.3) is 11.6 Å². The van der Waals surface area contributed by atoms with Crippen molar-refractivity contribution in [2.75, 3.05) is 19.4 Å². The fourth-order valence-corrected chi connectivity index (χ4v) is 2.40. The number of hydrogen-bond donors (Lipinski definition) is 2. The second-order valence-electron chi connectivity index (χ2n) is 4.90. The molecule has 1 atom stereocenters. The summed E-state index contributed by atoms with van der Waals surface area (Å²) in [5.74, 6) is -1.87. The number of esters is 1. The Morgan fingerprint density at radius 3 is 2.60 bits per heavy atom. The lowest BCUT2D eigenvalue weighted by molar-refractivity contribution is -0.387. The molecule has 1 rings (SSSR count). The summed E-state index contributed by atoms with van der Waals surface area (Å²) in [5, 5.41) is 15.9. The molecule has 0 spiro atoms. The summed E-state index contributed by atoms with van der Waals surface area (Å²) < 4.78 is 4.83. The molecule has 25 heavy (non-hydrogen) atoms. The number of likely N-dealkylation sites (N-methyl/N-ethyl adjacent to an activating group) is 1. The van der Waals surface area contributed by atoms with Crippen LogP contribution in [0.5, 0.6) is 0 Å². The van der Waals surface area contributed by atoms with Crippen molar-refractivity contribution in [1.29, 1.82) is 0 Å².